The molecule has 0 aliphatic rings. The van der Waals surface area contributed by atoms with Crippen LogP contribution in [0.2, 0.25) is 0 Å². The van der Waals surface area contributed by atoms with Crippen LogP contribution in [0.1, 0.15) is 53.9 Å². The summed E-state index contributed by atoms with van der Waals surface area (Å²) in [7, 11) is 1.21. The molecule has 200 valence electrons. The van der Waals surface area contributed by atoms with Crippen LogP contribution in [-0.2, 0) is 23.8 Å². The fraction of sp³-hybridized carbons (Fsp3) is 0.850. The number of hydrogen-bond acceptors (Lipinski definition) is 6. The van der Waals surface area contributed by atoms with Crippen LogP contribution in [0.5, 0.6) is 0 Å². The first-order valence-corrected chi connectivity index (χ1v) is 10.3. The van der Waals surface area contributed by atoms with Gasteiger partial charge in [-0.1, -0.05) is 0 Å². The molecule has 0 unspecified atom stereocenters. The summed E-state index contributed by atoms with van der Waals surface area (Å²) in [5.41, 5.74) is -2.14. The number of methoxy groups -OCH3 is 1. The molecule has 0 radical (unpaired) electrons. The van der Waals surface area contributed by atoms with Crippen LogP contribution in [0.3, 0.4) is 0 Å². The molecule has 1 atom stereocenters. The number of carbonyl (C=O) groups excluding carboxylic acids is 3. The van der Waals surface area contributed by atoms with E-state index in [1.54, 1.807) is 20.8 Å². The van der Waals surface area contributed by atoms with Crippen LogP contribution in [-0.4, -0.2) is 73.7 Å². The van der Waals surface area contributed by atoms with Gasteiger partial charge in [-0.25, -0.2) is 4.79 Å². The second-order valence-corrected chi connectivity index (χ2v) is 8.91. The molecule has 0 heterocycles. The van der Waals surface area contributed by atoms with Gasteiger partial charge in [0.25, 0.3) is 5.91 Å². The van der Waals surface area contributed by atoms with Crippen molar-refractivity contribution in [3.05, 3.63) is 0 Å². The van der Waals surface area contributed by atoms with Crippen LogP contribution in [0.15, 0.2) is 0 Å². The molecule has 0 aliphatic carbocycles. The van der Waals surface area contributed by atoms with Crippen molar-refractivity contribution < 1.29 is 54.9 Å². The zero-order valence-corrected chi connectivity index (χ0v) is 19.9. The number of nitrogens with one attached hydrogen (secondary N) is 2. The molecule has 0 spiro atoms. The van der Waals surface area contributed by atoms with E-state index in [1.165, 1.54) is 21.0 Å². The van der Waals surface area contributed by atoms with Crippen molar-refractivity contribution in [1.82, 2.24) is 10.6 Å². The summed E-state index contributed by atoms with van der Waals surface area (Å²) in [4.78, 5) is 36.3. The maximum absolute atomic E-state index is 12.6. The van der Waals surface area contributed by atoms with Crippen molar-refractivity contribution in [3.8, 4) is 0 Å². The quantitative estimate of drug-likeness (QED) is 0.307. The van der Waals surface area contributed by atoms with E-state index in [0.29, 0.717) is 0 Å². The van der Waals surface area contributed by atoms with Gasteiger partial charge >= 0.3 is 18.4 Å². The zero-order chi connectivity index (χ0) is 27.0. The van der Waals surface area contributed by atoms with Crippen molar-refractivity contribution >= 4 is 17.8 Å². The van der Waals surface area contributed by atoms with E-state index in [9.17, 15) is 40.7 Å². The third-order valence-electron chi connectivity index (χ3n) is 4.33. The van der Waals surface area contributed by atoms with Gasteiger partial charge in [0.05, 0.1) is 6.04 Å². The maximum atomic E-state index is 12.6. The molecule has 0 aromatic rings. The Morgan fingerprint density at radius 3 is 1.85 bits per heavy atom. The smallest absolute Gasteiger partial charge is 0.423 e. The maximum Gasteiger partial charge on any atom is 0.423 e. The number of ketones is 1. The lowest BCUT2D eigenvalue weighted by Crippen LogP contribution is -2.52. The monoisotopic (exact) mass is 510 g/mol. The lowest BCUT2D eigenvalue weighted by molar-refractivity contribution is -0.319. The standard InChI is InChI=1S/C20H32F6N2O6/c1-17(2,3)34-16(31)27-10-8-7-9-12(28-15(30)18(4,5)32-6)13(29)11-33-14(19(21,22)23)20(24,25)26/h12,14H,7-11H2,1-6H3,(H,27,31)(H,28,30)/t12-/m0/s1. The summed E-state index contributed by atoms with van der Waals surface area (Å²) < 4.78 is 89.7. The lowest BCUT2D eigenvalue weighted by atomic mass is 10.0. The van der Waals surface area contributed by atoms with Crippen LogP contribution >= 0.6 is 0 Å². The summed E-state index contributed by atoms with van der Waals surface area (Å²) in [6.07, 6.45) is -16.1. The number of Topliss-reactive ketones (excluding diaryl/α,β-unsaturated/α-hetero) is 1. The topological polar surface area (TPSA) is 103 Å². The van der Waals surface area contributed by atoms with E-state index in [4.69, 9.17) is 9.47 Å². The second kappa shape index (κ2) is 12.6. The minimum atomic E-state index is -5.78. The third kappa shape index (κ3) is 12.4. The van der Waals surface area contributed by atoms with Gasteiger partial charge in [0.1, 0.15) is 17.8 Å². The summed E-state index contributed by atoms with van der Waals surface area (Å²) in [6, 6.07) is -1.44. The van der Waals surface area contributed by atoms with Crippen LogP contribution < -0.4 is 10.6 Å². The van der Waals surface area contributed by atoms with Crippen LogP contribution in [0.25, 0.3) is 0 Å². The van der Waals surface area contributed by atoms with Gasteiger partial charge in [0.2, 0.25) is 6.10 Å². The predicted octanol–water partition coefficient (Wildman–Crippen LogP) is 3.67. The summed E-state index contributed by atoms with van der Waals surface area (Å²) >= 11 is 0. The summed E-state index contributed by atoms with van der Waals surface area (Å²) in [6.45, 7) is 6.29. The minimum absolute atomic E-state index is 0.119. The fourth-order valence-corrected chi connectivity index (χ4v) is 2.36. The van der Waals surface area contributed by atoms with Crippen molar-refractivity contribution in [2.75, 3.05) is 20.3 Å². The van der Waals surface area contributed by atoms with Gasteiger partial charge in [0, 0.05) is 13.7 Å². The Hall–Kier alpha value is -2.09. The Kier molecular flexibility index (Phi) is 11.8. The van der Waals surface area contributed by atoms with Gasteiger partial charge in [-0.3, -0.25) is 9.59 Å². The second-order valence-electron chi connectivity index (χ2n) is 8.91. The SMILES string of the molecule is COC(C)(C)C(=O)N[C@@H](CCCCNC(=O)OC(C)(C)C)C(=O)COC(C(F)(F)F)C(F)(F)F. The average molecular weight is 510 g/mol. The highest BCUT2D eigenvalue weighted by atomic mass is 19.4. The third-order valence-corrected chi connectivity index (χ3v) is 4.33. The average Bonchev–Trinajstić information content (AvgIpc) is 2.62. The molecule has 0 bridgehead atoms. The number of halogens is 6. The first kappa shape index (κ1) is 31.9. The highest BCUT2D eigenvalue weighted by Gasteiger charge is 2.58. The molecule has 0 aromatic heterocycles. The summed E-state index contributed by atoms with van der Waals surface area (Å²) in [5.74, 6) is -1.98. The molecule has 14 heteroatoms. The van der Waals surface area contributed by atoms with Gasteiger partial charge in [-0.05, 0) is 53.9 Å². The molecule has 34 heavy (non-hydrogen) atoms. The Morgan fingerprint density at radius 1 is 0.882 bits per heavy atom. The molecule has 0 saturated carbocycles. The highest BCUT2D eigenvalue weighted by Crippen LogP contribution is 2.35. The molecule has 0 aliphatic heterocycles. The van der Waals surface area contributed by atoms with Crippen molar-refractivity contribution in [2.45, 2.75) is 89.6 Å². The molecule has 8 nitrogen and oxygen atoms in total. The largest absolute Gasteiger partial charge is 0.444 e. The normalized spacial score (nSPS) is 14.0. The van der Waals surface area contributed by atoms with Crippen molar-refractivity contribution in [3.63, 3.8) is 0 Å². The van der Waals surface area contributed by atoms with E-state index in [-0.39, 0.29) is 25.8 Å². The number of amides is 2. The fourth-order valence-electron chi connectivity index (χ4n) is 2.36. The van der Waals surface area contributed by atoms with E-state index >= 15 is 0 Å². The number of unbranched alkanes of at least 4 members (excludes halogenated alkanes) is 1. The molecular formula is C20H32F6N2O6. The Bertz CT molecular complexity index is 675. The van der Waals surface area contributed by atoms with Crippen LogP contribution in [0, 0.1) is 0 Å². The number of hydrogen-bond donors (Lipinski definition) is 2. The highest BCUT2D eigenvalue weighted by molar-refractivity contribution is 5.92. The molecule has 0 aromatic carbocycles. The van der Waals surface area contributed by atoms with Gasteiger partial charge in [0.15, 0.2) is 5.78 Å². The van der Waals surface area contributed by atoms with E-state index in [1.807, 2.05) is 0 Å². The molecule has 0 saturated heterocycles. The Balaban J connectivity index is 5.11. The zero-order valence-electron chi connectivity index (χ0n) is 19.9. The van der Waals surface area contributed by atoms with Gasteiger partial charge in [-0.2, -0.15) is 26.3 Å². The Labute approximate surface area is 194 Å². The van der Waals surface area contributed by atoms with E-state index < -0.39 is 60.1 Å². The predicted molar refractivity (Wildman–Crippen MR) is 108 cm³/mol. The number of alkyl carbamates (subject to hydrolysis) is 1. The van der Waals surface area contributed by atoms with Crippen LogP contribution in [0.4, 0.5) is 31.1 Å². The number of ether oxygens (including phenoxy) is 3. The van der Waals surface area contributed by atoms with Crippen molar-refractivity contribution in [1.29, 1.82) is 0 Å². The number of rotatable bonds is 12. The van der Waals surface area contributed by atoms with E-state index in [0.717, 1.165) is 0 Å². The van der Waals surface area contributed by atoms with Gasteiger partial charge in [-0.15, -0.1) is 0 Å². The first-order valence-electron chi connectivity index (χ1n) is 10.3. The molecule has 0 fully saturated rings. The molecule has 0 rings (SSSR count). The Morgan fingerprint density at radius 2 is 1.41 bits per heavy atom. The number of alkyl halides is 6. The molecular weight excluding hydrogens is 478 g/mol. The lowest BCUT2D eigenvalue weighted by Gasteiger charge is -2.27. The molecule has 2 amide bonds. The first-order chi connectivity index (χ1) is 15.2. The van der Waals surface area contributed by atoms with Gasteiger partial charge < -0.3 is 24.8 Å². The molecule has 2 N–H and O–H groups in total. The number of carbonyl (C=O) groups is 3. The minimum Gasteiger partial charge on any atom is -0.444 e. The van der Waals surface area contributed by atoms with E-state index in [2.05, 4.69) is 15.4 Å². The summed E-state index contributed by atoms with van der Waals surface area (Å²) in [5, 5.41) is 4.73. The van der Waals surface area contributed by atoms with Crippen molar-refractivity contribution in [2.24, 2.45) is 0 Å².